The Hall–Kier alpha value is -2.80. The normalized spacial score (nSPS) is 13.9. The van der Waals surface area contributed by atoms with Crippen molar-refractivity contribution < 1.29 is 41.5 Å². The molecule has 1 aromatic heterocycles. The number of alkyl halides is 4. The lowest BCUT2D eigenvalue weighted by Gasteiger charge is -2.24. The molecule has 0 bridgehead atoms. The van der Waals surface area contributed by atoms with Gasteiger partial charge in [-0.25, -0.2) is 4.79 Å². The maximum atomic E-state index is 14.1. The molecule has 0 aliphatic carbocycles. The number of halogens is 4. The molecule has 0 saturated heterocycles. The highest BCUT2D eigenvalue weighted by atomic mass is 32.1. The summed E-state index contributed by atoms with van der Waals surface area (Å²) in [4.78, 5) is 33.6. The molecule has 1 unspecified atom stereocenters. The highest BCUT2D eigenvalue weighted by molar-refractivity contribution is 7.21. The number of hydrogen-bond donors (Lipinski definition) is 1. The first kappa shape index (κ1) is 20.5. The van der Waals surface area contributed by atoms with Crippen molar-refractivity contribution in [2.75, 3.05) is 19.5 Å². The predicted molar refractivity (Wildman–Crippen MR) is 85.4 cm³/mol. The number of hydrogen-bond acceptors (Lipinski definition) is 7. The minimum absolute atomic E-state index is 0.136. The van der Waals surface area contributed by atoms with Crippen molar-refractivity contribution in [3.8, 4) is 0 Å². The molecule has 0 saturated carbocycles. The fraction of sp³-hybridized carbons (Fsp3) is 0.286. The van der Waals surface area contributed by atoms with Crippen molar-refractivity contribution in [3.05, 3.63) is 33.2 Å². The average Bonchev–Trinajstić information content (AvgIpc) is 2.96. The Labute approximate surface area is 151 Å². The van der Waals surface area contributed by atoms with Crippen LogP contribution in [0.2, 0.25) is 0 Å². The minimum Gasteiger partial charge on any atom is -0.465 e. The van der Waals surface area contributed by atoms with Crippen LogP contribution in [0.3, 0.4) is 0 Å². The molecule has 1 atom stereocenters. The fourth-order valence-corrected chi connectivity index (χ4v) is 3.15. The van der Waals surface area contributed by atoms with E-state index in [1.165, 1.54) is 6.07 Å². The van der Waals surface area contributed by atoms with Crippen LogP contribution >= 0.6 is 11.3 Å². The number of carbonyl (C=O) groups excluding carboxylic acids is 2. The molecule has 0 aliphatic heterocycles. The number of esters is 1. The maximum Gasteiger partial charge on any atom is 0.458 e. The first-order chi connectivity index (χ1) is 12.5. The molecule has 1 N–H and O–H groups in total. The number of fused-ring (bicyclic) bond motifs is 1. The zero-order valence-electron chi connectivity index (χ0n) is 13.5. The van der Waals surface area contributed by atoms with Crippen LogP contribution < -0.4 is 5.32 Å². The molecule has 146 valence electrons. The van der Waals surface area contributed by atoms with Gasteiger partial charge in [0.2, 0.25) is 0 Å². The third-order valence-corrected chi connectivity index (χ3v) is 4.58. The summed E-state index contributed by atoms with van der Waals surface area (Å²) in [5.41, 5.74) is -1.01. The largest absolute Gasteiger partial charge is 0.465 e. The minimum atomic E-state index is -5.71. The van der Waals surface area contributed by atoms with E-state index >= 15 is 0 Å². The monoisotopic (exact) mass is 410 g/mol. The number of amides is 1. The van der Waals surface area contributed by atoms with E-state index in [4.69, 9.17) is 0 Å². The molecule has 13 heteroatoms. The van der Waals surface area contributed by atoms with E-state index in [0.29, 0.717) is 18.4 Å². The number of benzene rings is 1. The Morgan fingerprint density at radius 2 is 1.85 bits per heavy atom. The van der Waals surface area contributed by atoms with Crippen LogP contribution in [0.15, 0.2) is 18.2 Å². The zero-order valence-corrected chi connectivity index (χ0v) is 14.4. The van der Waals surface area contributed by atoms with Crippen LogP contribution in [0.5, 0.6) is 0 Å². The number of rotatable bonds is 5. The number of methoxy groups -OCH3 is 2. The van der Waals surface area contributed by atoms with Gasteiger partial charge in [-0.05, 0) is 6.07 Å². The van der Waals surface area contributed by atoms with Crippen molar-refractivity contribution >= 4 is 44.7 Å². The average molecular weight is 410 g/mol. The van der Waals surface area contributed by atoms with Gasteiger partial charge in [0.1, 0.15) is 4.88 Å². The Morgan fingerprint density at radius 3 is 2.33 bits per heavy atom. The van der Waals surface area contributed by atoms with Crippen molar-refractivity contribution in [2.24, 2.45) is 0 Å². The Bertz CT molecular complexity index is 928. The van der Waals surface area contributed by atoms with Crippen molar-refractivity contribution in [3.63, 3.8) is 0 Å². The number of thiophene rings is 1. The van der Waals surface area contributed by atoms with E-state index in [0.717, 1.165) is 19.2 Å². The number of anilines is 1. The third-order valence-electron chi connectivity index (χ3n) is 3.43. The van der Waals surface area contributed by atoms with Gasteiger partial charge in [-0.3, -0.25) is 14.9 Å². The predicted octanol–water partition coefficient (Wildman–Crippen LogP) is 3.41. The number of nitrogens with one attached hydrogen (secondary N) is 1. The first-order valence-electron chi connectivity index (χ1n) is 6.87. The summed E-state index contributed by atoms with van der Waals surface area (Å²) in [6, 6.07) is 3.24. The fourth-order valence-electron chi connectivity index (χ4n) is 2.09. The van der Waals surface area contributed by atoms with Crippen LogP contribution in [-0.2, 0) is 14.3 Å². The molecule has 0 spiro atoms. The maximum absolute atomic E-state index is 14.1. The number of non-ortho nitro benzene ring substituents is 1. The molecular formula is C14H10F4N2O6S. The van der Waals surface area contributed by atoms with Gasteiger partial charge in [0.25, 0.3) is 11.6 Å². The van der Waals surface area contributed by atoms with Crippen LogP contribution in [-0.4, -0.2) is 43.1 Å². The van der Waals surface area contributed by atoms with Gasteiger partial charge in [0.15, 0.2) is 0 Å². The molecule has 2 rings (SSSR count). The van der Waals surface area contributed by atoms with E-state index in [2.05, 4.69) is 9.47 Å². The lowest BCUT2D eigenvalue weighted by Crippen LogP contribution is -2.52. The van der Waals surface area contributed by atoms with Gasteiger partial charge in [-0.15, -0.1) is 11.3 Å². The number of nitrogens with zero attached hydrogens (tertiary/aromatic N) is 1. The summed E-state index contributed by atoms with van der Waals surface area (Å²) in [6.45, 7) is 0. The number of nitro benzene ring substituents is 1. The van der Waals surface area contributed by atoms with Crippen LogP contribution in [0.25, 0.3) is 10.1 Å². The van der Waals surface area contributed by atoms with Crippen LogP contribution in [0, 0.1) is 10.1 Å². The Kier molecular flexibility index (Phi) is 5.37. The Balaban J connectivity index is 2.64. The smallest absolute Gasteiger partial charge is 0.458 e. The second-order valence-corrected chi connectivity index (χ2v) is 6.04. The highest BCUT2D eigenvalue weighted by Crippen LogP contribution is 2.41. The molecule has 1 aromatic carbocycles. The Morgan fingerprint density at radius 1 is 1.22 bits per heavy atom. The van der Waals surface area contributed by atoms with Gasteiger partial charge in [-0.2, -0.15) is 17.6 Å². The van der Waals surface area contributed by atoms with E-state index < -0.39 is 40.2 Å². The quantitative estimate of drug-likeness (QED) is 0.350. The second-order valence-electron chi connectivity index (χ2n) is 4.99. The molecule has 1 heterocycles. The molecule has 8 nitrogen and oxygen atoms in total. The first-order valence-corrected chi connectivity index (χ1v) is 7.69. The summed E-state index contributed by atoms with van der Waals surface area (Å²) in [6.07, 6.45) is -5.71. The van der Waals surface area contributed by atoms with Gasteiger partial charge in [0.05, 0.1) is 17.7 Å². The molecule has 2 aromatic rings. The SMILES string of the molecule is COC(=O)c1sc2ccc([N+](=O)[O-])cc2c1NC(=O)C(F)(OC)C(F)(F)F. The lowest BCUT2D eigenvalue weighted by molar-refractivity contribution is -0.384. The topological polar surface area (TPSA) is 108 Å². The molecule has 27 heavy (non-hydrogen) atoms. The molecular weight excluding hydrogens is 400 g/mol. The van der Waals surface area contributed by atoms with Gasteiger partial charge in [0, 0.05) is 29.3 Å². The van der Waals surface area contributed by atoms with Crippen LogP contribution in [0.4, 0.5) is 28.9 Å². The third kappa shape index (κ3) is 3.55. The summed E-state index contributed by atoms with van der Waals surface area (Å²) in [5, 5.41) is 12.4. The highest BCUT2D eigenvalue weighted by Gasteiger charge is 2.63. The summed E-state index contributed by atoms with van der Waals surface area (Å²) in [5.74, 6) is -7.99. The molecule has 0 aliphatic rings. The van der Waals surface area contributed by atoms with Crippen molar-refractivity contribution in [2.45, 2.75) is 12.0 Å². The zero-order chi connectivity index (χ0) is 20.6. The van der Waals surface area contributed by atoms with E-state index in [1.54, 1.807) is 5.32 Å². The summed E-state index contributed by atoms with van der Waals surface area (Å²) in [7, 11) is 1.32. The standard InChI is InChI=1S/C14H10F4N2O6S/c1-25-11(21)10-9(19-12(22)13(15,26-2)14(16,17)18)7-5-6(20(23)24)3-4-8(7)27-10/h3-5H,1-2H3,(H,19,22). The number of carbonyl (C=O) groups is 2. The summed E-state index contributed by atoms with van der Waals surface area (Å²) >= 11 is 0.688. The van der Waals surface area contributed by atoms with Crippen LogP contribution in [0.1, 0.15) is 9.67 Å². The van der Waals surface area contributed by atoms with Gasteiger partial charge in [-0.1, -0.05) is 0 Å². The number of nitro groups is 1. The van der Waals surface area contributed by atoms with Gasteiger partial charge >= 0.3 is 18.0 Å². The van der Waals surface area contributed by atoms with E-state index in [9.17, 15) is 37.3 Å². The molecule has 0 fully saturated rings. The summed E-state index contributed by atoms with van der Waals surface area (Å²) < 4.78 is 61.0. The molecule has 0 radical (unpaired) electrons. The van der Waals surface area contributed by atoms with E-state index in [-0.39, 0.29) is 15.0 Å². The second kappa shape index (κ2) is 7.08. The molecule has 1 amide bonds. The lowest BCUT2D eigenvalue weighted by atomic mass is 10.2. The van der Waals surface area contributed by atoms with Gasteiger partial charge < -0.3 is 14.8 Å². The van der Waals surface area contributed by atoms with Crippen molar-refractivity contribution in [1.82, 2.24) is 0 Å². The number of ether oxygens (including phenoxy) is 2. The van der Waals surface area contributed by atoms with Crippen molar-refractivity contribution in [1.29, 1.82) is 0 Å². The van der Waals surface area contributed by atoms with E-state index in [1.807, 2.05) is 0 Å².